The average molecular weight is 472 g/mol. The summed E-state index contributed by atoms with van der Waals surface area (Å²) in [7, 11) is -1.98. The molecule has 8 nitrogen and oxygen atoms in total. The van der Waals surface area contributed by atoms with Gasteiger partial charge in [-0.25, -0.2) is 18.1 Å². The first-order valence-corrected chi connectivity index (χ1v) is 12.6. The van der Waals surface area contributed by atoms with Crippen molar-refractivity contribution in [1.29, 1.82) is 0 Å². The monoisotopic (exact) mass is 471 g/mol. The summed E-state index contributed by atoms with van der Waals surface area (Å²) in [6.07, 6.45) is 1.69. The molecule has 33 heavy (non-hydrogen) atoms. The van der Waals surface area contributed by atoms with Crippen molar-refractivity contribution >= 4 is 27.0 Å². The number of carbonyl (C=O) groups is 1. The first kappa shape index (κ1) is 24.9. The van der Waals surface area contributed by atoms with Gasteiger partial charge in [0.25, 0.3) is 5.91 Å². The van der Waals surface area contributed by atoms with Gasteiger partial charge in [-0.05, 0) is 57.4 Å². The van der Waals surface area contributed by atoms with Crippen LogP contribution in [0, 0.1) is 0 Å². The van der Waals surface area contributed by atoms with Crippen LogP contribution >= 0.6 is 0 Å². The summed E-state index contributed by atoms with van der Waals surface area (Å²) in [6, 6.07) is 8.40. The van der Waals surface area contributed by atoms with Crippen molar-refractivity contribution in [3.8, 4) is 0 Å². The highest BCUT2D eigenvalue weighted by atomic mass is 32.2. The lowest BCUT2D eigenvalue weighted by molar-refractivity contribution is 0.0952. The molecule has 0 saturated heterocycles. The number of sulfonamides is 1. The standard InChI is InChI=1S/C24H33N5O3S/c1-15(2)22-12-20(21-14-26-29(17(5)6)23(21)27-22)24(30)25-13-18-8-10-19(11-9-18)33(31,32)28(7)16(3)4/h8-12,14-17H,13H2,1-7H3,(H,25,30). The Morgan fingerprint density at radius 2 is 1.73 bits per heavy atom. The lowest BCUT2D eigenvalue weighted by atomic mass is 10.0. The maximum absolute atomic E-state index is 13.1. The molecule has 0 fully saturated rings. The molecule has 0 unspecified atom stereocenters. The van der Waals surface area contributed by atoms with E-state index in [-0.39, 0.29) is 35.3 Å². The van der Waals surface area contributed by atoms with Gasteiger partial charge >= 0.3 is 0 Å². The van der Waals surface area contributed by atoms with Gasteiger partial charge in [-0.15, -0.1) is 0 Å². The summed E-state index contributed by atoms with van der Waals surface area (Å²) in [4.78, 5) is 18.1. The number of rotatable bonds is 8. The molecule has 0 aliphatic rings. The van der Waals surface area contributed by atoms with E-state index in [9.17, 15) is 13.2 Å². The summed E-state index contributed by atoms with van der Waals surface area (Å²) in [6.45, 7) is 12.1. The Kier molecular flexibility index (Phi) is 7.23. The zero-order valence-electron chi connectivity index (χ0n) is 20.3. The highest BCUT2D eigenvalue weighted by Crippen LogP contribution is 2.24. The number of aromatic nitrogens is 3. The van der Waals surface area contributed by atoms with E-state index in [1.807, 2.05) is 52.3 Å². The van der Waals surface area contributed by atoms with Crippen molar-refractivity contribution in [3.63, 3.8) is 0 Å². The molecule has 0 atom stereocenters. The number of amides is 1. The molecule has 3 aromatic rings. The van der Waals surface area contributed by atoms with Gasteiger partial charge in [0.05, 0.1) is 22.0 Å². The van der Waals surface area contributed by atoms with Crippen LogP contribution in [0.15, 0.2) is 41.4 Å². The molecule has 0 bridgehead atoms. The van der Waals surface area contributed by atoms with E-state index in [0.29, 0.717) is 16.6 Å². The lowest BCUT2D eigenvalue weighted by Gasteiger charge is -2.21. The van der Waals surface area contributed by atoms with Gasteiger partial charge < -0.3 is 5.32 Å². The number of hydrogen-bond acceptors (Lipinski definition) is 5. The molecule has 2 heterocycles. The minimum absolute atomic E-state index is 0.123. The van der Waals surface area contributed by atoms with Gasteiger partial charge in [0.2, 0.25) is 10.0 Å². The van der Waals surface area contributed by atoms with E-state index < -0.39 is 10.0 Å². The van der Waals surface area contributed by atoms with Crippen LogP contribution in [-0.2, 0) is 16.6 Å². The molecule has 2 aromatic heterocycles. The number of benzene rings is 1. The van der Waals surface area contributed by atoms with Crippen molar-refractivity contribution in [2.75, 3.05) is 7.05 Å². The Balaban J connectivity index is 1.83. The molecule has 0 spiro atoms. The maximum atomic E-state index is 13.1. The molecule has 0 aliphatic heterocycles. The molecule has 1 aromatic carbocycles. The highest BCUT2D eigenvalue weighted by Gasteiger charge is 2.23. The smallest absolute Gasteiger partial charge is 0.252 e. The van der Waals surface area contributed by atoms with E-state index in [1.165, 1.54) is 4.31 Å². The van der Waals surface area contributed by atoms with Crippen LogP contribution in [0.2, 0.25) is 0 Å². The Labute approximate surface area is 196 Å². The van der Waals surface area contributed by atoms with Crippen LogP contribution in [0.4, 0.5) is 0 Å². The third kappa shape index (κ3) is 5.09. The summed E-state index contributed by atoms with van der Waals surface area (Å²) in [5.41, 5.74) is 2.87. The summed E-state index contributed by atoms with van der Waals surface area (Å²) >= 11 is 0. The molecule has 0 radical (unpaired) electrons. The number of nitrogens with one attached hydrogen (secondary N) is 1. The van der Waals surface area contributed by atoms with Crippen LogP contribution in [-0.4, -0.2) is 46.5 Å². The Morgan fingerprint density at radius 1 is 1.09 bits per heavy atom. The number of hydrogen-bond donors (Lipinski definition) is 1. The quantitative estimate of drug-likeness (QED) is 0.534. The predicted octanol–water partition coefficient (Wildman–Crippen LogP) is 4.09. The Hall–Kier alpha value is -2.78. The van der Waals surface area contributed by atoms with E-state index in [2.05, 4.69) is 10.4 Å². The summed E-state index contributed by atoms with van der Waals surface area (Å²) < 4.78 is 28.4. The molecule has 0 saturated carbocycles. The molecular weight excluding hydrogens is 438 g/mol. The first-order chi connectivity index (χ1) is 15.4. The van der Waals surface area contributed by atoms with Gasteiger partial charge in [0, 0.05) is 31.4 Å². The zero-order valence-corrected chi connectivity index (χ0v) is 21.1. The highest BCUT2D eigenvalue weighted by molar-refractivity contribution is 7.89. The molecule has 178 valence electrons. The van der Waals surface area contributed by atoms with Gasteiger partial charge in [0.1, 0.15) is 0 Å². The molecular formula is C24H33N5O3S. The van der Waals surface area contributed by atoms with Crippen molar-refractivity contribution in [2.24, 2.45) is 0 Å². The summed E-state index contributed by atoms with van der Waals surface area (Å²) in [5, 5.41) is 8.09. The second-order valence-electron chi connectivity index (χ2n) is 9.11. The SMILES string of the molecule is CC(C)c1cc(C(=O)NCc2ccc(S(=O)(=O)N(C)C(C)C)cc2)c2cnn(C(C)C)c2n1. The third-order valence-electron chi connectivity index (χ3n) is 5.69. The van der Waals surface area contributed by atoms with Crippen LogP contribution in [0.25, 0.3) is 11.0 Å². The topological polar surface area (TPSA) is 97.2 Å². The van der Waals surface area contributed by atoms with E-state index in [0.717, 1.165) is 11.3 Å². The lowest BCUT2D eigenvalue weighted by Crippen LogP contribution is -2.33. The van der Waals surface area contributed by atoms with Crippen molar-refractivity contribution in [2.45, 2.75) is 71.0 Å². The van der Waals surface area contributed by atoms with Gasteiger partial charge in [0.15, 0.2) is 5.65 Å². The molecule has 1 N–H and O–H groups in total. The fourth-order valence-corrected chi connectivity index (χ4v) is 4.77. The largest absolute Gasteiger partial charge is 0.348 e. The minimum atomic E-state index is -3.54. The number of carbonyl (C=O) groups excluding carboxylic acids is 1. The zero-order chi connectivity index (χ0) is 24.5. The van der Waals surface area contributed by atoms with Crippen molar-refractivity contribution in [3.05, 3.63) is 53.3 Å². The van der Waals surface area contributed by atoms with Crippen molar-refractivity contribution < 1.29 is 13.2 Å². The predicted molar refractivity (Wildman–Crippen MR) is 130 cm³/mol. The van der Waals surface area contributed by atoms with Gasteiger partial charge in [-0.3, -0.25) is 4.79 Å². The first-order valence-electron chi connectivity index (χ1n) is 11.2. The van der Waals surface area contributed by atoms with Gasteiger partial charge in [-0.1, -0.05) is 26.0 Å². The fourth-order valence-electron chi connectivity index (χ4n) is 3.40. The molecule has 9 heteroatoms. The van der Waals surface area contributed by atoms with Gasteiger partial charge in [-0.2, -0.15) is 9.40 Å². The number of pyridine rings is 1. The Morgan fingerprint density at radius 3 is 2.27 bits per heavy atom. The maximum Gasteiger partial charge on any atom is 0.252 e. The van der Waals surface area contributed by atoms with Crippen LogP contribution in [0.5, 0.6) is 0 Å². The third-order valence-corrected chi connectivity index (χ3v) is 7.74. The normalized spacial score (nSPS) is 12.5. The molecule has 3 rings (SSSR count). The minimum Gasteiger partial charge on any atom is -0.348 e. The number of fused-ring (bicyclic) bond motifs is 1. The van der Waals surface area contributed by atoms with Crippen LogP contribution < -0.4 is 5.32 Å². The van der Waals surface area contributed by atoms with E-state index in [1.54, 1.807) is 37.5 Å². The second-order valence-corrected chi connectivity index (χ2v) is 11.1. The molecule has 1 amide bonds. The van der Waals surface area contributed by atoms with Crippen LogP contribution in [0.1, 0.15) is 75.1 Å². The van der Waals surface area contributed by atoms with E-state index in [4.69, 9.17) is 4.98 Å². The Bertz CT molecular complexity index is 1250. The number of nitrogens with zero attached hydrogens (tertiary/aromatic N) is 4. The van der Waals surface area contributed by atoms with Crippen molar-refractivity contribution in [1.82, 2.24) is 24.4 Å². The fraction of sp³-hybridized carbons (Fsp3) is 0.458. The van der Waals surface area contributed by atoms with Crippen LogP contribution in [0.3, 0.4) is 0 Å². The summed E-state index contributed by atoms with van der Waals surface area (Å²) in [5.74, 6) is -0.0567. The second kappa shape index (κ2) is 9.61. The molecule has 0 aliphatic carbocycles. The van der Waals surface area contributed by atoms with E-state index >= 15 is 0 Å². The average Bonchev–Trinajstić information content (AvgIpc) is 3.20.